The van der Waals surface area contributed by atoms with Crippen molar-refractivity contribution in [3.8, 4) is 22.6 Å². The van der Waals surface area contributed by atoms with Gasteiger partial charge in [0.15, 0.2) is 17.8 Å². The van der Waals surface area contributed by atoms with Gasteiger partial charge >= 0.3 is 0 Å². The third-order valence-corrected chi connectivity index (χ3v) is 3.22. The lowest BCUT2D eigenvalue weighted by Gasteiger charge is -2.09. The fraction of sp³-hybridized carbons (Fsp3) is 0.250. The van der Waals surface area contributed by atoms with Crippen LogP contribution in [0.1, 0.15) is 17.3 Å². The van der Waals surface area contributed by atoms with Crippen LogP contribution in [-0.4, -0.2) is 24.5 Å². The van der Waals surface area contributed by atoms with Gasteiger partial charge in [-0.25, -0.2) is 0 Å². The van der Waals surface area contributed by atoms with Crippen molar-refractivity contribution in [3.05, 3.63) is 42.2 Å². The van der Waals surface area contributed by atoms with Gasteiger partial charge in [0.2, 0.25) is 0 Å². The van der Waals surface area contributed by atoms with Crippen molar-refractivity contribution in [1.82, 2.24) is 4.98 Å². The van der Waals surface area contributed by atoms with Crippen LogP contribution in [0.25, 0.3) is 11.1 Å². The molecule has 3 rings (SSSR count). The Morgan fingerprint density at radius 3 is 2.70 bits per heavy atom. The maximum absolute atomic E-state index is 10.8. The molecule has 0 radical (unpaired) electrons. The molecule has 0 bridgehead atoms. The van der Waals surface area contributed by atoms with Crippen LogP contribution < -0.4 is 9.47 Å². The van der Waals surface area contributed by atoms with Crippen molar-refractivity contribution in [3.63, 3.8) is 0 Å². The van der Waals surface area contributed by atoms with Crippen LogP contribution in [0, 0.1) is 5.92 Å². The number of nitrogens with zero attached hydrogens (tertiary/aromatic N) is 1. The van der Waals surface area contributed by atoms with E-state index in [0.29, 0.717) is 24.7 Å². The minimum atomic E-state index is 0.367. The zero-order valence-electron chi connectivity index (χ0n) is 11.2. The summed E-state index contributed by atoms with van der Waals surface area (Å²) in [6.45, 7) is 3.39. The Balaban J connectivity index is 1.97. The molecule has 2 heterocycles. The van der Waals surface area contributed by atoms with Gasteiger partial charge in [0, 0.05) is 29.4 Å². The third-order valence-electron chi connectivity index (χ3n) is 3.22. The summed E-state index contributed by atoms with van der Waals surface area (Å²) in [5.41, 5.74) is 2.40. The summed E-state index contributed by atoms with van der Waals surface area (Å²) in [5.74, 6) is 1.87. The lowest BCUT2D eigenvalue weighted by Crippen LogP contribution is -2.12. The average molecular weight is 269 g/mol. The first-order valence-electron chi connectivity index (χ1n) is 6.56. The molecule has 0 saturated carbocycles. The summed E-state index contributed by atoms with van der Waals surface area (Å²) in [6, 6.07) is 7.58. The number of fused-ring (bicyclic) bond motifs is 1. The van der Waals surface area contributed by atoms with Crippen molar-refractivity contribution >= 4 is 6.29 Å². The van der Waals surface area contributed by atoms with Gasteiger partial charge in [0.05, 0.1) is 13.2 Å². The van der Waals surface area contributed by atoms with E-state index in [2.05, 4.69) is 11.9 Å². The summed E-state index contributed by atoms with van der Waals surface area (Å²) >= 11 is 0. The van der Waals surface area contributed by atoms with Crippen molar-refractivity contribution in [2.24, 2.45) is 5.92 Å². The quantitative estimate of drug-likeness (QED) is 0.786. The Hall–Kier alpha value is -2.36. The van der Waals surface area contributed by atoms with Gasteiger partial charge in [-0.15, -0.1) is 0 Å². The lowest BCUT2D eigenvalue weighted by molar-refractivity contribution is 0.112. The molecule has 1 unspecified atom stereocenters. The first-order chi connectivity index (χ1) is 9.76. The molecule has 0 fully saturated rings. The number of aromatic nitrogens is 1. The standard InChI is InChI=1S/C16H15NO3/c1-11-9-19-15-3-2-13(5-16(15)20-10-11)14-4-12(8-18)6-17-7-14/h2-8,11H,9-10H2,1H3. The fourth-order valence-corrected chi connectivity index (χ4v) is 2.11. The number of pyridine rings is 1. The molecule has 0 amide bonds. The molecule has 1 aliphatic heterocycles. The van der Waals surface area contributed by atoms with Crippen molar-refractivity contribution < 1.29 is 14.3 Å². The van der Waals surface area contributed by atoms with Crippen molar-refractivity contribution in [1.29, 1.82) is 0 Å². The Bertz CT molecular complexity index is 639. The SMILES string of the molecule is CC1COc2ccc(-c3cncc(C=O)c3)cc2OC1. The highest BCUT2D eigenvalue weighted by molar-refractivity contribution is 5.78. The van der Waals surface area contributed by atoms with Crippen LogP contribution in [0.15, 0.2) is 36.7 Å². The lowest BCUT2D eigenvalue weighted by atomic mass is 10.1. The maximum atomic E-state index is 10.8. The summed E-state index contributed by atoms with van der Waals surface area (Å²) in [5, 5.41) is 0. The van der Waals surface area contributed by atoms with Gasteiger partial charge in [0.25, 0.3) is 0 Å². The van der Waals surface area contributed by atoms with Crippen LogP contribution in [0.4, 0.5) is 0 Å². The summed E-state index contributed by atoms with van der Waals surface area (Å²) in [7, 11) is 0. The number of aldehydes is 1. The molecular formula is C16H15NO3. The number of ether oxygens (including phenoxy) is 2. The van der Waals surface area contributed by atoms with Crippen molar-refractivity contribution in [2.75, 3.05) is 13.2 Å². The first-order valence-corrected chi connectivity index (χ1v) is 6.56. The van der Waals surface area contributed by atoms with E-state index in [1.807, 2.05) is 24.3 Å². The normalized spacial score (nSPS) is 17.4. The van der Waals surface area contributed by atoms with Gasteiger partial charge in [-0.3, -0.25) is 9.78 Å². The van der Waals surface area contributed by atoms with Gasteiger partial charge in [-0.05, 0) is 23.8 Å². The number of benzene rings is 1. The van der Waals surface area contributed by atoms with E-state index in [4.69, 9.17) is 9.47 Å². The van der Waals surface area contributed by atoms with Crippen LogP contribution in [0.2, 0.25) is 0 Å². The molecular weight excluding hydrogens is 254 g/mol. The highest BCUT2D eigenvalue weighted by Gasteiger charge is 2.15. The van der Waals surface area contributed by atoms with E-state index in [0.717, 1.165) is 28.9 Å². The highest BCUT2D eigenvalue weighted by Crippen LogP contribution is 2.34. The van der Waals surface area contributed by atoms with E-state index in [1.54, 1.807) is 12.4 Å². The molecule has 1 aromatic carbocycles. The predicted octanol–water partition coefficient (Wildman–Crippen LogP) is 2.97. The van der Waals surface area contributed by atoms with Crippen LogP contribution in [-0.2, 0) is 0 Å². The largest absolute Gasteiger partial charge is 0.489 e. The molecule has 0 saturated heterocycles. The van der Waals surface area contributed by atoms with E-state index >= 15 is 0 Å². The molecule has 102 valence electrons. The predicted molar refractivity (Wildman–Crippen MR) is 75.2 cm³/mol. The molecule has 0 spiro atoms. The summed E-state index contributed by atoms with van der Waals surface area (Å²) in [6.07, 6.45) is 4.07. The second kappa shape index (κ2) is 5.33. The Kier molecular flexibility index (Phi) is 3.37. The molecule has 2 aromatic rings. The van der Waals surface area contributed by atoms with Gasteiger partial charge in [-0.1, -0.05) is 13.0 Å². The average Bonchev–Trinajstić information content (AvgIpc) is 2.69. The van der Waals surface area contributed by atoms with E-state index in [9.17, 15) is 4.79 Å². The number of rotatable bonds is 2. The van der Waals surface area contributed by atoms with Crippen LogP contribution >= 0.6 is 0 Å². The fourth-order valence-electron chi connectivity index (χ4n) is 2.11. The zero-order chi connectivity index (χ0) is 13.9. The zero-order valence-corrected chi connectivity index (χ0v) is 11.2. The smallest absolute Gasteiger partial charge is 0.161 e. The molecule has 20 heavy (non-hydrogen) atoms. The molecule has 4 heteroatoms. The van der Waals surface area contributed by atoms with Crippen LogP contribution in [0.3, 0.4) is 0 Å². The van der Waals surface area contributed by atoms with Crippen LogP contribution in [0.5, 0.6) is 11.5 Å². The van der Waals surface area contributed by atoms with E-state index in [1.165, 1.54) is 0 Å². The molecule has 0 aliphatic carbocycles. The first kappa shape index (κ1) is 12.7. The van der Waals surface area contributed by atoms with Gasteiger partial charge in [-0.2, -0.15) is 0 Å². The molecule has 1 aliphatic rings. The Morgan fingerprint density at radius 1 is 1.10 bits per heavy atom. The molecule has 1 atom stereocenters. The number of hydrogen-bond donors (Lipinski definition) is 0. The molecule has 1 aromatic heterocycles. The van der Waals surface area contributed by atoms with E-state index < -0.39 is 0 Å². The molecule has 4 nitrogen and oxygen atoms in total. The van der Waals surface area contributed by atoms with Crippen molar-refractivity contribution in [2.45, 2.75) is 6.92 Å². The minimum absolute atomic E-state index is 0.367. The molecule has 0 N–H and O–H groups in total. The number of hydrogen-bond acceptors (Lipinski definition) is 4. The highest BCUT2D eigenvalue weighted by atomic mass is 16.5. The second-order valence-corrected chi connectivity index (χ2v) is 5.01. The van der Waals surface area contributed by atoms with E-state index in [-0.39, 0.29) is 0 Å². The summed E-state index contributed by atoms with van der Waals surface area (Å²) in [4.78, 5) is 14.9. The second-order valence-electron chi connectivity index (χ2n) is 5.01. The van der Waals surface area contributed by atoms with Gasteiger partial charge < -0.3 is 9.47 Å². The third kappa shape index (κ3) is 2.50. The van der Waals surface area contributed by atoms with Gasteiger partial charge in [0.1, 0.15) is 0 Å². The topological polar surface area (TPSA) is 48.4 Å². The monoisotopic (exact) mass is 269 g/mol. The maximum Gasteiger partial charge on any atom is 0.161 e. The summed E-state index contributed by atoms with van der Waals surface area (Å²) < 4.78 is 11.5. The number of carbonyl (C=O) groups excluding carboxylic acids is 1. The number of carbonyl (C=O) groups is 1. The minimum Gasteiger partial charge on any atom is -0.489 e. The Morgan fingerprint density at radius 2 is 1.90 bits per heavy atom. The Labute approximate surface area is 117 Å².